The van der Waals surface area contributed by atoms with Gasteiger partial charge in [-0.05, 0) is 44.4 Å². The summed E-state index contributed by atoms with van der Waals surface area (Å²) in [5.41, 5.74) is 6.16. The van der Waals surface area contributed by atoms with Crippen LogP contribution in [0.1, 0.15) is 37.8 Å². The maximum absolute atomic E-state index is 12.2. The van der Waals surface area contributed by atoms with Gasteiger partial charge in [-0.3, -0.25) is 0 Å². The van der Waals surface area contributed by atoms with Gasteiger partial charge in [0.2, 0.25) is 0 Å². The summed E-state index contributed by atoms with van der Waals surface area (Å²) < 4.78 is 4.98. The molecule has 0 amide bonds. The van der Waals surface area contributed by atoms with Crippen molar-refractivity contribution in [1.29, 1.82) is 0 Å². The van der Waals surface area contributed by atoms with Gasteiger partial charge in [0, 0.05) is 17.3 Å². The van der Waals surface area contributed by atoms with Crippen molar-refractivity contribution >= 4 is 5.97 Å². The Morgan fingerprint density at radius 2 is 1.75 bits per heavy atom. The van der Waals surface area contributed by atoms with Crippen LogP contribution in [-0.4, -0.2) is 13.1 Å². The molecular formula is C17H21NO2. The largest absolute Gasteiger partial charge is 0.466 e. The van der Waals surface area contributed by atoms with Crippen LogP contribution in [0.4, 0.5) is 0 Å². The Hall–Kier alpha value is -2.03. The summed E-state index contributed by atoms with van der Waals surface area (Å²) in [5.74, 6) is -0.306. The summed E-state index contributed by atoms with van der Waals surface area (Å²) in [6.45, 7) is 8.10. The van der Waals surface area contributed by atoms with Crippen LogP contribution in [0, 0.1) is 6.92 Å². The van der Waals surface area contributed by atoms with Gasteiger partial charge in [0.05, 0.1) is 12.7 Å². The van der Waals surface area contributed by atoms with Crippen molar-refractivity contribution in [2.75, 3.05) is 7.11 Å². The van der Waals surface area contributed by atoms with Gasteiger partial charge in [-0.2, -0.15) is 0 Å². The van der Waals surface area contributed by atoms with Gasteiger partial charge in [0.1, 0.15) is 0 Å². The summed E-state index contributed by atoms with van der Waals surface area (Å²) >= 11 is 0. The lowest BCUT2D eigenvalue weighted by Gasteiger charge is -2.30. The highest BCUT2D eigenvalue weighted by molar-refractivity contribution is 5.92. The van der Waals surface area contributed by atoms with E-state index in [-0.39, 0.29) is 11.9 Å². The molecule has 20 heavy (non-hydrogen) atoms. The molecular weight excluding hydrogens is 250 g/mol. The van der Waals surface area contributed by atoms with Crippen LogP contribution in [0.3, 0.4) is 0 Å². The summed E-state index contributed by atoms with van der Waals surface area (Å²) in [4.78, 5) is 12.2. The van der Waals surface area contributed by atoms with Crippen molar-refractivity contribution < 1.29 is 9.53 Å². The zero-order valence-electron chi connectivity index (χ0n) is 12.7. The maximum atomic E-state index is 12.2. The molecule has 1 aliphatic heterocycles. The van der Waals surface area contributed by atoms with E-state index in [1.54, 1.807) is 0 Å². The normalized spacial score (nSPS) is 18.9. The minimum absolute atomic E-state index is 0.0371. The topological polar surface area (TPSA) is 38.3 Å². The van der Waals surface area contributed by atoms with Crippen LogP contribution in [-0.2, 0) is 9.53 Å². The Balaban J connectivity index is 2.63. The number of esters is 1. The summed E-state index contributed by atoms with van der Waals surface area (Å²) in [7, 11) is 1.43. The number of rotatable bonds is 2. The van der Waals surface area contributed by atoms with Crippen LogP contribution < -0.4 is 5.32 Å². The average Bonchev–Trinajstić information content (AvgIpc) is 2.42. The van der Waals surface area contributed by atoms with E-state index in [1.165, 1.54) is 12.7 Å². The Labute approximate surface area is 120 Å². The van der Waals surface area contributed by atoms with Crippen molar-refractivity contribution in [3.8, 4) is 0 Å². The predicted octanol–water partition coefficient (Wildman–Crippen LogP) is 3.42. The van der Waals surface area contributed by atoms with E-state index in [9.17, 15) is 4.79 Å². The number of ether oxygens (including phenoxy) is 1. The Morgan fingerprint density at radius 1 is 1.10 bits per heavy atom. The highest BCUT2D eigenvalue weighted by Crippen LogP contribution is 2.39. The fraction of sp³-hybridized carbons (Fsp3) is 0.353. The van der Waals surface area contributed by atoms with E-state index in [4.69, 9.17) is 4.74 Å². The number of carbonyl (C=O) groups excluding carboxylic acids is 1. The monoisotopic (exact) mass is 271 g/mol. The lowest BCUT2D eigenvalue weighted by atomic mass is 9.79. The number of dihydropyridines is 1. The lowest BCUT2D eigenvalue weighted by molar-refractivity contribution is -0.136. The van der Waals surface area contributed by atoms with Gasteiger partial charge in [0.25, 0.3) is 0 Å². The van der Waals surface area contributed by atoms with E-state index in [1.807, 2.05) is 26.0 Å². The van der Waals surface area contributed by atoms with Crippen molar-refractivity contribution in [2.45, 2.75) is 33.6 Å². The molecule has 0 bridgehead atoms. The Bertz CT molecular complexity index is 611. The molecule has 2 rings (SSSR count). The molecule has 1 atom stereocenters. The average molecular weight is 271 g/mol. The molecule has 1 aromatic carbocycles. The van der Waals surface area contributed by atoms with Crippen molar-refractivity contribution in [2.24, 2.45) is 0 Å². The molecule has 1 aliphatic rings. The van der Waals surface area contributed by atoms with Gasteiger partial charge in [-0.15, -0.1) is 0 Å². The second-order valence-electron chi connectivity index (χ2n) is 5.25. The van der Waals surface area contributed by atoms with E-state index < -0.39 is 0 Å². The van der Waals surface area contributed by atoms with Crippen molar-refractivity contribution in [3.63, 3.8) is 0 Å². The van der Waals surface area contributed by atoms with E-state index in [0.717, 1.165) is 22.5 Å². The first kappa shape index (κ1) is 14.4. The predicted molar refractivity (Wildman–Crippen MR) is 80.1 cm³/mol. The number of hydrogen-bond acceptors (Lipinski definition) is 3. The number of hydrogen-bond donors (Lipinski definition) is 1. The molecule has 0 saturated carbocycles. The first-order valence-corrected chi connectivity index (χ1v) is 6.76. The highest BCUT2D eigenvalue weighted by atomic mass is 16.5. The van der Waals surface area contributed by atoms with E-state index in [0.29, 0.717) is 5.57 Å². The molecule has 3 nitrogen and oxygen atoms in total. The number of aryl methyl sites for hydroxylation is 1. The number of methoxy groups -OCH3 is 1. The third kappa shape index (κ3) is 2.36. The number of allylic oxidation sites excluding steroid dienone is 3. The zero-order valence-corrected chi connectivity index (χ0v) is 12.7. The molecule has 106 valence electrons. The zero-order chi connectivity index (χ0) is 14.9. The molecule has 0 spiro atoms. The van der Waals surface area contributed by atoms with Crippen LogP contribution in [0.2, 0.25) is 0 Å². The Kier molecular flexibility index (Phi) is 3.98. The van der Waals surface area contributed by atoms with Crippen LogP contribution in [0.15, 0.2) is 46.8 Å². The van der Waals surface area contributed by atoms with E-state index >= 15 is 0 Å². The summed E-state index contributed by atoms with van der Waals surface area (Å²) in [5, 5.41) is 3.27. The highest BCUT2D eigenvalue weighted by Gasteiger charge is 2.32. The molecule has 0 saturated heterocycles. The fourth-order valence-corrected chi connectivity index (χ4v) is 2.78. The molecule has 1 N–H and O–H groups in total. The molecule has 3 heteroatoms. The summed E-state index contributed by atoms with van der Waals surface area (Å²) in [6, 6.07) is 8.18. The number of nitrogens with one attached hydrogen (secondary N) is 1. The van der Waals surface area contributed by atoms with Crippen LogP contribution >= 0.6 is 0 Å². The third-order valence-corrected chi connectivity index (χ3v) is 4.00. The smallest absolute Gasteiger partial charge is 0.336 e. The molecule has 0 aliphatic carbocycles. The molecule has 1 aromatic rings. The van der Waals surface area contributed by atoms with Crippen LogP contribution in [0.25, 0.3) is 0 Å². The molecule has 0 aromatic heterocycles. The SMILES string of the molecule is COC(=O)C1=C(C)NC(C)=C(C)C1c1ccccc1C. The second kappa shape index (κ2) is 5.53. The van der Waals surface area contributed by atoms with Crippen LogP contribution in [0.5, 0.6) is 0 Å². The molecule has 0 radical (unpaired) electrons. The molecule has 1 unspecified atom stereocenters. The molecule has 0 fully saturated rings. The third-order valence-electron chi connectivity index (χ3n) is 4.00. The number of benzene rings is 1. The lowest BCUT2D eigenvalue weighted by Crippen LogP contribution is -2.28. The molecule has 1 heterocycles. The fourth-order valence-electron chi connectivity index (χ4n) is 2.78. The Morgan fingerprint density at radius 3 is 2.35 bits per heavy atom. The van der Waals surface area contributed by atoms with Gasteiger partial charge in [-0.25, -0.2) is 4.79 Å². The summed E-state index contributed by atoms with van der Waals surface area (Å²) in [6.07, 6.45) is 0. The quantitative estimate of drug-likeness (QED) is 0.838. The maximum Gasteiger partial charge on any atom is 0.336 e. The number of carbonyl (C=O) groups is 1. The minimum atomic E-state index is -0.268. The van der Waals surface area contributed by atoms with Crippen molar-refractivity contribution in [1.82, 2.24) is 5.32 Å². The van der Waals surface area contributed by atoms with Crippen molar-refractivity contribution in [3.05, 3.63) is 57.9 Å². The second-order valence-corrected chi connectivity index (χ2v) is 5.25. The standard InChI is InChI=1S/C17H21NO2/c1-10-8-6-7-9-14(10)15-11(2)12(3)18-13(4)16(15)17(19)20-5/h6-9,15,18H,1-5H3. The van der Waals surface area contributed by atoms with Gasteiger partial charge in [-0.1, -0.05) is 24.3 Å². The van der Waals surface area contributed by atoms with E-state index in [2.05, 4.69) is 31.3 Å². The first-order chi connectivity index (χ1) is 9.47. The van der Waals surface area contributed by atoms with Gasteiger partial charge < -0.3 is 10.1 Å². The minimum Gasteiger partial charge on any atom is -0.466 e. The first-order valence-electron chi connectivity index (χ1n) is 6.76. The van der Waals surface area contributed by atoms with Gasteiger partial charge >= 0.3 is 5.97 Å². The van der Waals surface area contributed by atoms with Gasteiger partial charge in [0.15, 0.2) is 0 Å².